The van der Waals surface area contributed by atoms with Crippen LogP contribution in [0.5, 0.6) is 0 Å². The molecule has 19 heavy (non-hydrogen) atoms. The molecule has 3 nitrogen and oxygen atoms in total. The van der Waals surface area contributed by atoms with E-state index in [1.807, 2.05) is 0 Å². The second kappa shape index (κ2) is 5.32. The highest BCUT2D eigenvalue weighted by molar-refractivity contribution is 6.35. The maximum absolute atomic E-state index is 13.3. The van der Waals surface area contributed by atoms with Gasteiger partial charge in [0.1, 0.15) is 0 Å². The molecule has 0 saturated heterocycles. The molecule has 2 aromatic rings. The molecular weight excluding hydrogens is 274 g/mol. The van der Waals surface area contributed by atoms with Gasteiger partial charge < -0.3 is 5.32 Å². The number of amides is 1. The van der Waals surface area contributed by atoms with Crippen LogP contribution in [0.1, 0.15) is 15.9 Å². The summed E-state index contributed by atoms with van der Waals surface area (Å²) in [6, 6.07) is 6.98. The number of anilines is 1. The van der Waals surface area contributed by atoms with Crippen molar-refractivity contribution in [2.75, 3.05) is 5.32 Å². The van der Waals surface area contributed by atoms with Crippen LogP contribution in [0.15, 0.2) is 30.3 Å². The predicted molar refractivity (Wildman–Crippen MR) is 68.3 cm³/mol. The number of hydrogen-bond donors (Lipinski definition) is 1. The Morgan fingerprint density at radius 3 is 2.68 bits per heavy atom. The van der Waals surface area contributed by atoms with E-state index in [1.165, 1.54) is 6.07 Å². The molecule has 0 aliphatic carbocycles. The van der Waals surface area contributed by atoms with Crippen molar-refractivity contribution in [2.24, 2.45) is 0 Å². The molecule has 1 heterocycles. The summed E-state index contributed by atoms with van der Waals surface area (Å²) in [7, 11) is 0. The SMILES string of the molecule is Cc1cccc(C(=O)Nc2ccc(F)nc2F)c1Cl. The second-order valence-corrected chi connectivity index (χ2v) is 4.24. The monoisotopic (exact) mass is 282 g/mol. The van der Waals surface area contributed by atoms with E-state index in [4.69, 9.17) is 11.6 Å². The van der Waals surface area contributed by atoms with Gasteiger partial charge in [0.25, 0.3) is 5.91 Å². The van der Waals surface area contributed by atoms with E-state index in [0.717, 1.165) is 17.7 Å². The van der Waals surface area contributed by atoms with Gasteiger partial charge in [0.05, 0.1) is 16.3 Å². The molecule has 0 bridgehead atoms. The van der Waals surface area contributed by atoms with Crippen LogP contribution in [0, 0.1) is 18.8 Å². The zero-order chi connectivity index (χ0) is 14.0. The largest absolute Gasteiger partial charge is 0.318 e. The highest BCUT2D eigenvalue weighted by Gasteiger charge is 2.14. The minimum Gasteiger partial charge on any atom is -0.318 e. The third-order valence-corrected chi connectivity index (χ3v) is 3.00. The molecule has 2 rings (SSSR count). The van der Waals surface area contributed by atoms with Crippen molar-refractivity contribution in [3.63, 3.8) is 0 Å². The normalized spacial score (nSPS) is 10.3. The van der Waals surface area contributed by atoms with E-state index in [1.54, 1.807) is 19.1 Å². The van der Waals surface area contributed by atoms with E-state index in [0.29, 0.717) is 0 Å². The molecule has 0 spiro atoms. The first-order chi connectivity index (χ1) is 8.99. The molecule has 0 atom stereocenters. The number of aryl methyl sites for hydroxylation is 1. The first kappa shape index (κ1) is 13.4. The fraction of sp³-hybridized carbons (Fsp3) is 0.0769. The topological polar surface area (TPSA) is 42.0 Å². The van der Waals surface area contributed by atoms with Gasteiger partial charge in [0.15, 0.2) is 0 Å². The standard InChI is InChI=1S/C13H9ClF2N2O/c1-7-3-2-4-8(11(7)14)13(19)17-9-5-6-10(15)18-12(9)16/h2-6H,1H3,(H,17,19). The molecular formula is C13H9ClF2N2O. The molecule has 1 aromatic carbocycles. The van der Waals surface area contributed by atoms with Crippen molar-refractivity contribution in [3.8, 4) is 0 Å². The quantitative estimate of drug-likeness (QED) is 0.856. The molecule has 98 valence electrons. The Morgan fingerprint density at radius 1 is 1.26 bits per heavy atom. The average Bonchev–Trinajstić information content (AvgIpc) is 2.36. The average molecular weight is 283 g/mol. The second-order valence-electron chi connectivity index (χ2n) is 3.86. The van der Waals surface area contributed by atoms with Crippen LogP contribution < -0.4 is 5.32 Å². The summed E-state index contributed by atoms with van der Waals surface area (Å²) in [6.07, 6.45) is 0. The first-order valence-electron chi connectivity index (χ1n) is 5.37. The van der Waals surface area contributed by atoms with Gasteiger partial charge >= 0.3 is 0 Å². The van der Waals surface area contributed by atoms with E-state index < -0.39 is 17.8 Å². The number of rotatable bonds is 2. The lowest BCUT2D eigenvalue weighted by atomic mass is 10.1. The highest BCUT2D eigenvalue weighted by Crippen LogP contribution is 2.22. The molecule has 0 radical (unpaired) electrons. The van der Waals surface area contributed by atoms with E-state index in [-0.39, 0.29) is 16.3 Å². The summed E-state index contributed by atoms with van der Waals surface area (Å²) >= 11 is 5.99. The van der Waals surface area contributed by atoms with Gasteiger partial charge in [0, 0.05) is 0 Å². The summed E-state index contributed by atoms with van der Waals surface area (Å²) in [6.45, 7) is 1.75. The number of aromatic nitrogens is 1. The molecule has 1 N–H and O–H groups in total. The van der Waals surface area contributed by atoms with Crippen molar-refractivity contribution in [1.82, 2.24) is 4.98 Å². The van der Waals surface area contributed by atoms with Gasteiger partial charge in [0.2, 0.25) is 11.9 Å². The number of carbonyl (C=O) groups excluding carboxylic acids is 1. The fourth-order valence-corrected chi connectivity index (χ4v) is 1.73. The molecule has 0 aliphatic rings. The zero-order valence-corrected chi connectivity index (χ0v) is 10.6. The van der Waals surface area contributed by atoms with Crippen LogP contribution in [0.3, 0.4) is 0 Å². The lowest BCUT2D eigenvalue weighted by molar-refractivity contribution is 0.102. The Bertz CT molecular complexity index is 647. The minimum atomic E-state index is -1.09. The Balaban J connectivity index is 2.28. The third-order valence-electron chi connectivity index (χ3n) is 2.50. The Labute approximate surface area is 113 Å². The van der Waals surface area contributed by atoms with Gasteiger partial charge in [-0.3, -0.25) is 4.79 Å². The fourth-order valence-electron chi connectivity index (χ4n) is 1.52. The summed E-state index contributed by atoms with van der Waals surface area (Å²) in [4.78, 5) is 14.9. The summed E-state index contributed by atoms with van der Waals surface area (Å²) < 4.78 is 25.9. The van der Waals surface area contributed by atoms with Gasteiger partial charge in [-0.1, -0.05) is 23.7 Å². The van der Waals surface area contributed by atoms with Crippen molar-refractivity contribution >= 4 is 23.2 Å². The van der Waals surface area contributed by atoms with Crippen LogP contribution in [-0.2, 0) is 0 Å². The molecule has 0 saturated carbocycles. The number of benzene rings is 1. The number of halogens is 3. The number of nitrogens with zero attached hydrogens (tertiary/aromatic N) is 1. The Hall–Kier alpha value is -2.01. The summed E-state index contributed by atoms with van der Waals surface area (Å²) in [5.74, 6) is -2.62. The molecule has 6 heteroatoms. The number of carbonyl (C=O) groups is 1. The predicted octanol–water partition coefficient (Wildman–Crippen LogP) is 3.57. The highest BCUT2D eigenvalue weighted by atomic mass is 35.5. The van der Waals surface area contributed by atoms with Gasteiger partial charge in [-0.2, -0.15) is 13.8 Å². The minimum absolute atomic E-state index is 0.205. The smallest absolute Gasteiger partial charge is 0.257 e. The van der Waals surface area contributed by atoms with Crippen molar-refractivity contribution < 1.29 is 13.6 Å². The maximum atomic E-state index is 13.3. The molecule has 0 fully saturated rings. The van der Waals surface area contributed by atoms with Crippen molar-refractivity contribution in [3.05, 3.63) is 58.4 Å². The van der Waals surface area contributed by atoms with E-state index in [2.05, 4.69) is 10.3 Å². The Kier molecular flexibility index (Phi) is 3.76. The molecule has 1 aromatic heterocycles. The number of pyridine rings is 1. The van der Waals surface area contributed by atoms with Gasteiger partial charge in [-0.25, -0.2) is 0 Å². The summed E-state index contributed by atoms with van der Waals surface area (Å²) in [5.41, 5.74) is 0.737. The number of hydrogen-bond acceptors (Lipinski definition) is 2. The summed E-state index contributed by atoms with van der Waals surface area (Å²) in [5, 5.41) is 2.58. The van der Waals surface area contributed by atoms with Crippen molar-refractivity contribution in [1.29, 1.82) is 0 Å². The van der Waals surface area contributed by atoms with Crippen LogP contribution in [0.2, 0.25) is 5.02 Å². The van der Waals surface area contributed by atoms with E-state index >= 15 is 0 Å². The molecule has 1 amide bonds. The van der Waals surface area contributed by atoms with Crippen LogP contribution >= 0.6 is 11.6 Å². The first-order valence-corrected chi connectivity index (χ1v) is 5.75. The zero-order valence-electron chi connectivity index (χ0n) is 9.88. The lowest BCUT2D eigenvalue weighted by Gasteiger charge is -2.08. The van der Waals surface area contributed by atoms with E-state index in [9.17, 15) is 13.6 Å². The van der Waals surface area contributed by atoms with Crippen molar-refractivity contribution in [2.45, 2.75) is 6.92 Å². The van der Waals surface area contributed by atoms with Gasteiger partial charge in [-0.15, -0.1) is 0 Å². The van der Waals surface area contributed by atoms with Gasteiger partial charge in [-0.05, 0) is 30.7 Å². The van der Waals surface area contributed by atoms with Crippen LogP contribution in [0.25, 0.3) is 0 Å². The molecule has 0 unspecified atom stereocenters. The lowest BCUT2D eigenvalue weighted by Crippen LogP contribution is -2.14. The van der Waals surface area contributed by atoms with Crippen LogP contribution in [0.4, 0.5) is 14.5 Å². The van der Waals surface area contributed by atoms with Crippen LogP contribution in [-0.4, -0.2) is 10.9 Å². The number of nitrogens with one attached hydrogen (secondary N) is 1. The Morgan fingerprint density at radius 2 is 2.00 bits per heavy atom. The third kappa shape index (κ3) is 2.88. The molecule has 0 aliphatic heterocycles. The maximum Gasteiger partial charge on any atom is 0.257 e.